The number of carbonyl (C=O) groups is 2. The van der Waals surface area contributed by atoms with Gasteiger partial charge >= 0.3 is 0 Å². The number of amides is 2. The molecule has 18 heterocycles. The predicted molar refractivity (Wildman–Crippen MR) is 323 cm³/mol. The summed E-state index contributed by atoms with van der Waals surface area (Å²) in [5.41, 5.74) is 8.43. The molecule has 2 N–H and O–H groups in total. The Hall–Kier alpha value is -4.38. The Morgan fingerprint density at radius 2 is 1.05 bits per heavy atom. The number of hydrogen-bond acceptors (Lipinski definition) is 12. The van der Waals surface area contributed by atoms with Gasteiger partial charge in [-0.25, -0.2) is 9.97 Å². The Labute approximate surface area is 498 Å². The minimum atomic E-state index is -0.0198. The van der Waals surface area contributed by atoms with Crippen LogP contribution >= 0.6 is 61.1 Å². The van der Waals surface area contributed by atoms with Crippen molar-refractivity contribution in [3.63, 3.8) is 0 Å². The molecule has 20 rings (SSSR count). The van der Waals surface area contributed by atoms with Crippen molar-refractivity contribution in [1.82, 2.24) is 40.2 Å². The van der Waals surface area contributed by atoms with Crippen molar-refractivity contribution < 1.29 is 27.9 Å². The molecule has 2 amide bonds. The number of fused-ring (bicyclic) bond motifs is 12. The predicted octanol–water partition coefficient (Wildman–Crippen LogP) is 10.5. The van der Waals surface area contributed by atoms with Crippen LogP contribution in [0.5, 0.6) is 11.8 Å². The normalized spacial score (nSPS) is 31.5. The molecule has 8 bridgehead atoms. The zero-order valence-electron chi connectivity index (χ0n) is 44.6. The molecular weight excluding hydrogens is 1280 g/mol. The van der Waals surface area contributed by atoms with Crippen molar-refractivity contribution in [2.24, 2.45) is 23.7 Å². The Bertz CT molecular complexity index is 3030. The summed E-state index contributed by atoms with van der Waals surface area (Å²) in [5.74, 6) is 4.55. The first-order valence-corrected chi connectivity index (χ1v) is 31.6. The monoisotopic (exact) mass is 1350 g/mol. The van der Waals surface area contributed by atoms with Crippen molar-refractivity contribution >= 4 is 72.9 Å². The number of piperidine rings is 12. The van der Waals surface area contributed by atoms with Gasteiger partial charge in [-0.1, -0.05) is 15.9 Å². The summed E-state index contributed by atoms with van der Waals surface area (Å²) in [7, 11) is 0. The van der Waals surface area contributed by atoms with Crippen LogP contribution in [-0.2, 0) is 12.8 Å². The first-order valence-electron chi connectivity index (χ1n) is 28.6. The van der Waals surface area contributed by atoms with Gasteiger partial charge < -0.3 is 38.7 Å². The van der Waals surface area contributed by atoms with Crippen LogP contribution in [0.4, 0.5) is 0 Å². The van der Waals surface area contributed by atoms with Crippen molar-refractivity contribution in [2.75, 3.05) is 78.5 Å². The van der Waals surface area contributed by atoms with Crippen molar-refractivity contribution in [3.05, 3.63) is 138 Å². The average Bonchev–Trinajstić information content (AvgIpc) is 4.53. The van der Waals surface area contributed by atoms with Crippen LogP contribution in [0.2, 0.25) is 0 Å². The molecule has 2 aromatic carbocycles. The van der Waals surface area contributed by atoms with Gasteiger partial charge in [-0.05, 0) is 211 Å². The molecule has 14 aliphatic heterocycles. The number of hydrogen-bond donors (Lipinski definition) is 2. The second kappa shape index (κ2) is 23.1. The number of furan rings is 2. The summed E-state index contributed by atoms with van der Waals surface area (Å²) in [6.07, 6.45) is 21.0. The molecular formula is C62H69BrI2N8O6. The second-order valence-corrected chi connectivity index (χ2v) is 26.9. The molecule has 12 saturated heterocycles. The lowest BCUT2D eigenvalue weighted by atomic mass is 9.73. The standard InChI is InChI=1S/C17H17IN2O2.C17H18N2O2.C14H17BrN2O.C14H17IN2O/c18-15-14(3-6-21-15)12-7-11-8-17(22-16(11)19-9-12)10-20-4-1-13(17)2-5-20;1-4-19-5-2-15(1)17(11-19)8-13-7-14(9-18-16(13)21-17)12-3-6-20-10-12;2*15-12-3-1-11(2-4-12)14(18)16-13-9-17-7-5-10(13)6-8-17/h3,6-7,9,13H,1-2,4-5,8,10H2;3,6-7,9-10,15H,1-2,4-5,8,11H2;2*1-4,10,13H,5-9H2,(H,16,18)/i18-2;;;15-2. The molecule has 4 unspecified atom stereocenters. The van der Waals surface area contributed by atoms with Crippen molar-refractivity contribution in [2.45, 2.75) is 87.5 Å². The molecule has 6 aromatic rings. The van der Waals surface area contributed by atoms with Crippen LogP contribution in [0.25, 0.3) is 22.3 Å². The first kappa shape index (κ1) is 53.9. The molecule has 0 saturated carbocycles. The summed E-state index contributed by atoms with van der Waals surface area (Å²) in [5, 5.41) is 6.39. The van der Waals surface area contributed by atoms with E-state index in [1.807, 2.05) is 73.1 Å². The zero-order valence-corrected chi connectivity index (χ0v) is 50.5. The molecule has 0 aliphatic carbocycles. The highest BCUT2D eigenvalue weighted by Gasteiger charge is 2.54. The van der Waals surface area contributed by atoms with Crippen molar-refractivity contribution in [1.29, 1.82) is 0 Å². The highest BCUT2D eigenvalue weighted by atomic mass is 125. The number of nitrogens with one attached hydrogen (secondary N) is 2. The number of carbonyl (C=O) groups excluding carboxylic acids is 2. The fourth-order valence-electron chi connectivity index (χ4n) is 14.6. The smallest absolute Gasteiger partial charge is 0.251 e. The van der Waals surface area contributed by atoms with E-state index in [4.69, 9.17) is 18.3 Å². The molecule has 17 heteroatoms. The molecule has 2 spiro atoms. The van der Waals surface area contributed by atoms with Crippen LogP contribution < -0.4 is 20.1 Å². The summed E-state index contributed by atoms with van der Waals surface area (Å²) in [6, 6.07) is 24.4. The summed E-state index contributed by atoms with van der Waals surface area (Å²) < 4.78 is 26.4. The number of pyridine rings is 2. The van der Waals surface area contributed by atoms with Gasteiger partial charge in [0.05, 0.1) is 18.8 Å². The number of rotatable bonds is 6. The number of nitrogens with zero attached hydrogens (tertiary/aromatic N) is 6. The van der Waals surface area contributed by atoms with Crippen LogP contribution in [0.3, 0.4) is 0 Å². The summed E-state index contributed by atoms with van der Waals surface area (Å²) in [4.78, 5) is 43.5. The lowest BCUT2D eigenvalue weighted by Gasteiger charge is -2.50. The molecule has 414 valence electrons. The van der Waals surface area contributed by atoms with Gasteiger partial charge in [0.1, 0.15) is 11.2 Å². The van der Waals surface area contributed by atoms with Gasteiger partial charge in [0, 0.05) is 150 Å². The number of aromatic nitrogens is 2. The van der Waals surface area contributed by atoms with Gasteiger partial charge in [0.25, 0.3) is 11.8 Å². The van der Waals surface area contributed by atoms with Gasteiger partial charge in [-0.2, -0.15) is 0 Å². The minimum Gasteiger partial charge on any atom is -0.472 e. The first-order chi connectivity index (χ1) is 38.5. The highest BCUT2D eigenvalue weighted by molar-refractivity contribution is 14.1. The quantitative estimate of drug-likeness (QED) is 0.153. The lowest BCUT2D eigenvalue weighted by molar-refractivity contribution is -0.0815. The number of benzene rings is 2. The Balaban J connectivity index is 0.000000100. The van der Waals surface area contributed by atoms with E-state index in [-0.39, 0.29) is 23.0 Å². The highest BCUT2D eigenvalue weighted by Crippen LogP contribution is 2.48. The molecule has 79 heavy (non-hydrogen) atoms. The van der Waals surface area contributed by atoms with Gasteiger partial charge in [0.15, 0.2) is 3.77 Å². The largest absolute Gasteiger partial charge is 0.472 e. The zero-order chi connectivity index (χ0) is 53.7. The Kier molecular flexibility index (Phi) is 15.8. The lowest BCUT2D eigenvalue weighted by Crippen LogP contribution is -2.61. The molecule has 4 atom stereocenters. The SMILES string of the molecule is O=C(NC1CN2CCC1CC2)c1ccc(Br)cc1.O=C(NC1CN2CCC1CC2)c1ccc([125I])cc1.[125I]c1occc1-c1cnc2c(c1)CC1(CN3CCC1CC3)O2.c1cc(-c2cnc3c(c2)CC2(CN4CCC2CC4)O3)co1. The summed E-state index contributed by atoms with van der Waals surface area (Å²) in [6.45, 7) is 13.9. The van der Waals surface area contributed by atoms with Crippen LogP contribution in [-0.4, -0.2) is 143 Å². The second-order valence-electron chi connectivity index (χ2n) is 23.7. The third-order valence-corrected chi connectivity index (χ3v) is 21.1. The average molecular weight is 1350 g/mol. The van der Waals surface area contributed by atoms with Gasteiger partial charge in [0.2, 0.25) is 11.8 Å². The fraction of sp³-hybridized carbons (Fsp3) is 0.484. The Morgan fingerprint density at radius 1 is 0.570 bits per heavy atom. The maximum absolute atomic E-state index is 12.2. The maximum Gasteiger partial charge on any atom is 0.251 e. The topological polar surface area (TPSA) is 142 Å². The van der Waals surface area contributed by atoms with Crippen molar-refractivity contribution in [3.8, 4) is 34.0 Å². The molecule has 14 aliphatic rings. The van der Waals surface area contributed by atoms with Crippen LogP contribution in [0, 0.1) is 31.0 Å². The number of halogens is 3. The van der Waals surface area contributed by atoms with E-state index in [1.165, 1.54) is 115 Å². The fourth-order valence-corrected chi connectivity index (χ4v) is 15.9. The van der Waals surface area contributed by atoms with E-state index < -0.39 is 0 Å². The third-order valence-electron chi connectivity index (χ3n) is 19.0. The van der Waals surface area contributed by atoms with Crippen LogP contribution in [0.15, 0.2) is 117 Å². The van der Waals surface area contributed by atoms with Crippen LogP contribution in [0.1, 0.15) is 83.2 Å². The summed E-state index contributed by atoms with van der Waals surface area (Å²) >= 11 is 7.86. The minimum absolute atomic E-state index is 0.0130. The molecule has 12 fully saturated rings. The van der Waals surface area contributed by atoms with E-state index in [0.29, 0.717) is 35.8 Å². The number of ether oxygens (including phenoxy) is 2. The van der Waals surface area contributed by atoms with Gasteiger partial charge in [-0.3, -0.25) is 19.4 Å². The van der Waals surface area contributed by atoms with E-state index in [9.17, 15) is 9.59 Å². The third kappa shape index (κ3) is 11.6. The van der Waals surface area contributed by atoms with E-state index in [1.54, 1.807) is 18.8 Å². The van der Waals surface area contributed by atoms with E-state index >= 15 is 0 Å². The molecule has 14 nitrogen and oxygen atoms in total. The maximum atomic E-state index is 12.2. The van der Waals surface area contributed by atoms with Gasteiger partial charge in [-0.15, -0.1) is 0 Å². The molecule has 0 radical (unpaired) electrons. The van der Waals surface area contributed by atoms with E-state index in [2.05, 4.69) is 113 Å². The van der Waals surface area contributed by atoms with E-state index in [0.717, 1.165) is 96.0 Å². The Morgan fingerprint density at radius 3 is 1.48 bits per heavy atom. The molecule has 4 aromatic heterocycles.